The lowest BCUT2D eigenvalue weighted by atomic mass is 10.1. The van der Waals surface area contributed by atoms with E-state index in [1.165, 1.54) is 6.08 Å². The molecule has 1 aliphatic heterocycles. The second-order valence-electron chi connectivity index (χ2n) is 4.23. The van der Waals surface area contributed by atoms with Crippen LogP contribution in [0, 0.1) is 0 Å². The van der Waals surface area contributed by atoms with Gasteiger partial charge in [0.25, 0.3) is 15.9 Å². The van der Waals surface area contributed by atoms with Crippen LogP contribution in [0.1, 0.15) is 5.56 Å². The molecule has 0 spiro atoms. The summed E-state index contributed by atoms with van der Waals surface area (Å²) < 4.78 is 26.7. The molecule has 2 aromatic carbocycles. The predicted molar refractivity (Wildman–Crippen MR) is 71.4 cm³/mol. The highest BCUT2D eigenvalue weighted by Crippen LogP contribution is 2.31. The Labute approximate surface area is 109 Å². The van der Waals surface area contributed by atoms with Crippen LogP contribution in [0.2, 0.25) is 0 Å². The van der Waals surface area contributed by atoms with Crippen LogP contribution >= 0.6 is 0 Å². The van der Waals surface area contributed by atoms with Crippen molar-refractivity contribution in [1.29, 1.82) is 0 Å². The number of hydrogen-bond acceptors (Lipinski definition) is 3. The van der Waals surface area contributed by atoms with Gasteiger partial charge in [-0.05, 0) is 17.0 Å². The number of amides is 1. The average molecular weight is 274 g/mol. The molecule has 0 atom stereocenters. The molecule has 0 bridgehead atoms. The quantitative estimate of drug-likeness (QED) is 0.811. The number of fused-ring (bicyclic) bond motifs is 3. The summed E-state index contributed by atoms with van der Waals surface area (Å²) in [5.74, 6) is -0.803. The Morgan fingerprint density at radius 3 is 2.58 bits per heavy atom. The highest BCUT2D eigenvalue weighted by atomic mass is 32.2. The molecule has 0 radical (unpaired) electrons. The standard InChI is InChI=1S/C13H10N2O3S/c14-13(16)11-7-9-6-5-8-3-1-2-4-10(8)12(9)19(17,18)15-11/h1-7,15H,(H2,14,16). The topological polar surface area (TPSA) is 89.3 Å². The van der Waals surface area contributed by atoms with Gasteiger partial charge < -0.3 is 5.73 Å². The van der Waals surface area contributed by atoms with E-state index in [0.717, 1.165) is 5.39 Å². The Kier molecular flexibility index (Phi) is 2.36. The fourth-order valence-electron chi connectivity index (χ4n) is 2.18. The van der Waals surface area contributed by atoms with Crippen LogP contribution in [0.3, 0.4) is 0 Å². The van der Waals surface area contributed by atoms with Crippen molar-refractivity contribution in [3.05, 3.63) is 47.7 Å². The van der Waals surface area contributed by atoms with Crippen LogP contribution in [-0.2, 0) is 14.8 Å². The molecule has 1 amide bonds. The van der Waals surface area contributed by atoms with Crippen molar-refractivity contribution >= 4 is 32.8 Å². The first-order valence-corrected chi connectivity index (χ1v) is 7.03. The van der Waals surface area contributed by atoms with Crippen molar-refractivity contribution in [2.45, 2.75) is 4.90 Å². The maximum Gasteiger partial charge on any atom is 0.265 e. The van der Waals surface area contributed by atoms with Gasteiger partial charge in [0.1, 0.15) is 10.6 Å². The van der Waals surface area contributed by atoms with Crippen LogP contribution in [0.5, 0.6) is 0 Å². The van der Waals surface area contributed by atoms with E-state index in [4.69, 9.17) is 5.73 Å². The third kappa shape index (κ3) is 1.77. The summed E-state index contributed by atoms with van der Waals surface area (Å²) in [4.78, 5) is 11.3. The van der Waals surface area contributed by atoms with Crippen molar-refractivity contribution in [3.8, 4) is 0 Å². The lowest BCUT2D eigenvalue weighted by Gasteiger charge is -2.18. The van der Waals surface area contributed by atoms with Gasteiger partial charge in [0, 0.05) is 5.39 Å². The van der Waals surface area contributed by atoms with E-state index in [1.54, 1.807) is 18.2 Å². The Bertz CT molecular complexity index is 838. The molecular formula is C13H10N2O3S. The maximum absolute atomic E-state index is 12.2. The predicted octanol–water partition coefficient (Wildman–Crippen LogP) is 0.958. The molecule has 0 saturated heterocycles. The number of nitrogens with one attached hydrogen (secondary N) is 1. The van der Waals surface area contributed by atoms with Crippen LogP contribution < -0.4 is 10.5 Å². The smallest absolute Gasteiger partial charge is 0.265 e. The van der Waals surface area contributed by atoms with Crippen LogP contribution in [0.15, 0.2) is 47.0 Å². The van der Waals surface area contributed by atoms with E-state index in [-0.39, 0.29) is 10.6 Å². The highest BCUT2D eigenvalue weighted by molar-refractivity contribution is 7.90. The second-order valence-corrected chi connectivity index (χ2v) is 5.85. The third-order valence-electron chi connectivity index (χ3n) is 2.99. The van der Waals surface area contributed by atoms with Gasteiger partial charge >= 0.3 is 0 Å². The molecule has 96 valence electrons. The van der Waals surface area contributed by atoms with Crippen LogP contribution in [0.25, 0.3) is 16.8 Å². The average Bonchev–Trinajstić information content (AvgIpc) is 2.36. The van der Waals surface area contributed by atoms with Gasteiger partial charge in [0.15, 0.2) is 0 Å². The summed E-state index contributed by atoms with van der Waals surface area (Å²) in [6, 6.07) is 10.6. The molecule has 0 aromatic heterocycles. The molecule has 0 unspecified atom stereocenters. The molecule has 19 heavy (non-hydrogen) atoms. The summed E-state index contributed by atoms with van der Waals surface area (Å²) in [7, 11) is -3.78. The molecule has 3 N–H and O–H groups in total. The first-order chi connectivity index (χ1) is 8.99. The van der Waals surface area contributed by atoms with Gasteiger partial charge in [0.05, 0.1) is 0 Å². The lowest BCUT2D eigenvalue weighted by Crippen LogP contribution is -2.34. The molecular weight excluding hydrogens is 264 g/mol. The summed E-state index contributed by atoms with van der Waals surface area (Å²) >= 11 is 0. The number of nitrogens with two attached hydrogens (primary N) is 1. The van der Waals surface area contributed by atoms with Crippen LogP contribution in [0.4, 0.5) is 0 Å². The molecule has 2 aromatic rings. The fraction of sp³-hybridized carbons (Fsp3) is 0. The Balaban J connectivity index is 2.43. The van der Waals surface area contributed by atoms with E-state index in [0.29, 0.717) is 10.9 Å². The third-order valence-corrected chi connectivity index (χ3v) is 4.47. The largest absolute Gasteiger partial charge is 0.364 e. The SMILES string of the molecule is NC(=O)C1=Cc2ccc3ccccc3c2S(=O)(=O)N1. The van der Waals surface area contributed by atoms with E-state index in [2.05, 4.69) is 4.72 Å². The summed E-state index contributed by atoms with van der Waals surface area (Å²) in [6.45, 7) is 0. The van der Waals surface area contributed by atoms with Gasteiger partial charge in [-0.3, -0.25) is 9.52 Å². The number of benzene rings is 2. The Morgan fingerprint density at radius 2 is 1.84 bits per heavy atom. The molecule has 0 fully saturated rings. The van der Waals surface area contributed by atoms with Crippen molar-refractivity contribution < 1.29 is 13.2 Å². The summed E-state index contributed by atoms with van der Waals surface area (Å²) in [5, 5.41) is 1.44. The number of primary amides is 1. The molecule has 1 aliphatic rings. The zero-order valence-corrected chi connectivity index (χ0v) is 10.6. The van der Waals surface area contributed by atoms with Gasteiger partial charge in [-0.2, -0.15) is 0 Å². The van der Waals surface area contributed by atoms with Crippen molar-refractivity contribution in [2.24, 2.45) is 5.73 Å². The molecule has 5 nitrogen and oxygen atoms in total. The molecule has 3 rings (SSSR count). The number of carbonyl (C=O) groups excluding carboxylic acids is 1. The van der Waals surface area contributed by atoms with Crippen molar-refractivity contribution in [2.75, 3.05) is 0 Å². The second kappa shape index (κ2) is 3.83. The minimum Gasteiger partial charge on any atom is -0.364 e. The number of rotatable bonds is 1. The Hall–Kier alpha value is -2.34. The Morgan fingerprint density at radius 1 is 1.11 bits per heavy atom. The monoisotopic (exact) mass is 274 g/mol. The first-order valence-electron chi connectivity index (χ1n) is 5.55. The highest BCUT2D eigenvalue weighted by Gasteiger charge is 2.27. The van der Waals surface area contributed by atoms with Crippen molar-refractivity contribution in [1.82, 2.24) is 4.72 Å². The molecule has 0 aliphatic carbocycles. The van der Waals surface area contributed by atoms with Gasteiger partial charge in [-0.1, -0.05) is 36.4 Å². The van der Waals surface area contributed by atoms with E-state index in [9.17, 15) is 13.2 Å². The number of sulfonamides is 1. The molecule has 1 heterocycles. The lowest BCUT2D eigenvalue weighted by molar-refractivity contribution is -0.114. The van der Waals surface area contributed by atoms with E-state index in [1.807, 2.05) is 18.2 Å². The first kappa shape index (κ1) is 11.7. The zero-order chi connectivity index (χ0) is 13.6. The zero-order valence-electron chi connectivity index (χ0n) is 9.75. The maximum atomic E-state index is 12.2. The van der Waals surface area contributed by atoms with Crippen molar-refractivity contribution in [3.63, 3.8) is 0 Å². The van der Waals surface area contributed by atoms with E-state index < -0.39 is 15.9 Å². The normalized spacial score (nSPS) is 16.3. The molecule has 0 saturated carbocycles. The minimum atomic E-state index is -3.78. The fourth-order valence-corrected chi connectivity index (χ4v) is 3.64. The summed E-state index contributed by atoms with van der Waals surface area (Å²) in [6.07, 6.45) is 1.45. The number of carbonyl (C=O) groups is 1. The summed E-state index contributed by atoms with van der Waals surface area (Å²) in [5.41, 5.74) is 5.47. The van der Waals surface area contributed by atoms with Gasteiger partial charge in [-0.15, -0.1) is 0 Å². The molecule has 6 heteroatoms. The van der Waals surface area contributed by atoms with Gasteiger partial charge in [0.2, 0.25) is 0 Å². The van der Waals surface area contributed by atoms with E-state index >= 15 is 0 Å². The number of hydrogen-bond donors (Lipinski definition) is 2. The van der Waals surface area contributed by atoms with Crippen LogP contribution in [-0.4, -0.2) is 14.3 Å². The van der Waals surface area contributed by atoms with Gasteiger partial charge in [-0.25, -0.2) is 8.42 Å². The minimum absolute atomic E-state index is 0.122.